The summed E-state index contributed by atoms with van der Waals surface area (Å²) in [5.74, 6) is -0.899. The van der Waals surface area contributed by atoms with Gasteiger partial charge in [0, 0.05) is 10.7 Å². The molecule has 4 heteroatoms. The standard InChI is InChI=1S/C8H8ClNO2.C2H6/c9-6-2-1-5(3-8(11)12)7(10)4-6;1-2/h1-2,4H,3,10H2,(H,11,12);1-2H3. The molecule has 0 aliphatic carbocycles. The maximum absolute atomic E-state index is 10.3. The van der Waals surface area contributed by atoms with Crippen molar-refractivity contribution in [3.63, 3.8) is 0 Å². The van der Waals surface area contributed by atoms with Crippen LogP contribution in [0.1, 0.15) is 19.4 Å². The van der Waals surface area contributed by atoms with E-state index < -0.39 is 5.97 Å². The Morgan fingerprint density at radius 3 is 2.50 bits per heavy atom. The fraction of sp³-hybridized carbons (Fsp3) is 0.300. The number of rotatable bonds is 2. The average molecular weight is 216 g/mol. The van der Waals surface area contributed by atoms with E-state index in [0.29, 0.717) is 16.3 Å². The maximum Gasteiger partial charge on any atom is 0.307 e. The number of carboxylic acid groups (broad SMARTS) is 1. The quantitative estimate of drug-likeness (QED) is 0.746. The lowest BCUT2D eigenvalue weighted by Crippen LogP contribution is -2.03. The molecule has 0 aliphatic heterocycles. The summed E-state index contributed by atoms with van der Waals surface area (Å²) in [6.07, 6.45) is -0.0665. The summed E-state index contributed by atoms with van der Waals surface area (Å²) in [5.41, 5.74) is 6.53. The van der Waals surface area contributed by atoms with Crippen LogP contribution < -0.4 is 5.73 Å². The first-order valence-corrected chi connectivity index (χ1v) is 4.73. The lowest BCUT2D eigenvalue weighted by atomic mass is 10.1. The Labute approximate surface area is 88.5 Å². The van der Waals surface area contributed by atoms with Crippen LogP contribution in [0, 0.1) is 0 Å². The fourth-order valence-corrected chi connectivity index (χ4v) is 1.07. The van der Waals surface area contributed by atoms with E-state index in [1.165, 1.54) is 0 Å². The SMILES string of the molecule is CC.Nc1cc(Cl)ccc1CC(=O)O. The van der Waals surface area contributed by atoms with Crippen molar-refractivity contribution in [1.29, 1.82) is 0 Å². The predicted octanol–water partition coefficient (Wildman–Crippen LogP) is 2.58. The number of benzene rings is 1. The molecule has 3 N–H and O–H groups in total. The molecule has 0 heterocycles. The van der Waals surface area contributed by atoms with Crippen LogP contribution in [0.15, 0.2) is 18.2 Å². The lowest BCUT2D eigenvalue weighted by molar-refractivity contribution is -0.136. The van der Waals surface area contributed by atoms with Crippen molar-refractivity contribution in [2.45, 2.75) is 20.3 Å². The molecular formula is C10H14ClNO2. The molecule has 3 nitrogen and oxygen atoms in total. The topological polar surface area (TPSA) is 63.3 Å². The fourth-order valence-electron chi connectivity index (χ4n) is 0.890. The van der Waals surface area contributed by atoms with Crippen molar-refractivity contribution in [3.05, 3.63) is 28.8 Å². The minimum Gasteiger partial charge on any atom is -0.481 e. The first-order valence-electron chi connectivity index (χ1n) is 4.35. The summed E-state index contributed by atoms with van der Waals surface area (Å²) in [4.78, 5) is 10.3. The van der Waals surface area contributed by atoms with Crippen LogP contribution in [0.25, 0.3) is 0 Å². The molecular weight excluding hydrogens is 202 g/mol. The number of hydrogen-bond acceptors (Lipinski definition) is 2. The molecule has 0 fully saturated rings. The summed E-state index contributed by atoms with van der Waals surface area (Å²) in [5, 5.41) is 8.99. The second kappa shape index (κ2) is 6.27. The van der Waals surface area contributed by atoms with Crippen molar-refractivity contribution in [2.75, 3.05) is 5.73 Å². The minimum atomic E-state index is -0.899. The molecule has 0 aromatic heterocycles. The highest BCUT2D eigenvalue weighted by molar-refractivity contribution is 6.30. The third-order valence-corrected chi connectivity index (χ3v) is 1.68. The Balaban J connectivity index is 0.000000791. The van der Waals surface area contributed by atoms with Crippen molar-refractivity contribution in [3.8, 4) is 0 Å². The van der Waals surface area contributed by atoms with Crippen LogP contribution >= 0.6 is 11.6 Å². The lowest BCUT2D eigenvalue weighted by Gasteiger charge is -2.01. The van der Waals surface area contributed by atoms with Crippen LogP contribution in [-0.2, 0) is 11.2 Å². The molecule has 1 aromatic rings. The van der Waals surface area contributed by atoms with Crippen molar-refractivity contribution < 1.29 is 9.90 Å². The molecule has 0 amide bonds. The Morgan fingerprint density at radius 1 is 1.50 bits per heavy atom. The van der Waals surface area contributed by atoms with Gasteiger partial charge in [0.25, 0.3) is 0 Å². The van der Waals surface area contributed by atoms with Crippen LogP contribution in [-0.4, -0.2) is 11.1 Å². The normalized spacial score (nSPS) is 8.79. The third-order valence-electron chi connectivity index (χ3n) is 1.45. The zero-order valence-electron chi connectivity index (χ0n) is 8.25. The largest absolute Gasteiger partial charge is 0.481 e. The predicted molar refractivity (Wildman–Crippen MR) is 58.6 cm³/mol. The second-order valence-electron chi connectivity index (χ2n) is 2.41. The van der Waals surface area contributed by atoms with Crippen LogP contribution in [0.3, 0.4) is 0 Å². The number of aliphatic carboxylic acids is 1. The summed E-state index contributed by atoms with van der Waals surface area (Å²) in [7, 11) is 0. The molecule has 0 radical (unpaired) electrons. The van der Waals surface area contributed by atoms with E-state index in [0.717, 1.165) is 0 Å². The van der Waals surface area contributed by atoms with Gasteiger partial charge in [-0.25, -0.2) is 0 Å². The van der Waals surface area contributed by atoms with Gasteiger partial charge < -0.3 is 10.8 Å². The number of halogens is 1. The van der Waals surface area contributed by atoms with Gasteiger partial charge in [0.1, 0.15) is 0 Å². The average Bonchev–Trinajstić information content (AvgIpc) is 2.13. The van der Waals surface area contributed by atoms with Crippen molar-refractivity contribution in [2.24, 2.45) is 0 Å². The summed E-state index contributed by atoms with van der Waals surface area (Å²) in [6.45, 7) is 4.00. The summed E-state index contributed by atoms with van der Waals surface area (Å²) < 4.78 is 0. The third kappa shape index (κ3) is 4.14. The van der Waals surface area contributed by atoms with Gasteiger partial charge in [-0.3, -0.25) is 4.79 Å². The molecule has 1 aromatic carbocycles. The number of carboxylic acids is 1. The number of nitrogen functional groups attached to an aromatic ring is 1. The number of hydrogen-bond donors (Lipinski definition) is 2. The van der Waals surface area contributed by atoms with Gasteiger partial charge in [-0.1, -0.05) is 31.5 Å². The molecule has 0 saturated heterocycles. The highest BCUT2D eigenvalue weighted by atomic mass is 35.5. The molecule has 0 saturated carbocycles. The number of carbonyl (C=O) groups is 1. The second-order valence-corrected chi connectivity index (χ2v) is 2.85. The molecule has 0 aliphatic rings. The monoisotopic (exact) mass is 215 g/mol. The van der Waals surface area contributed by atoms with Crippen LogP contribution in [0.5, 0.6) is 0 Å². The van der Waals surface area contributed by atoms with E-state index in [9.17, 15) is 4.79 Å². The van der Waals surface area contributed by atoms with Crippen LogP contribution in [0.2, 0.25) is 5.02 Å². The van der Waals surface area contributed by atoms with Crippen molar-refractivity contribution in [1.82, 2.24) is 0 Å². The van der Waals surface area contributed by atoms with E-state index in [1.807, 2.05) is 13.8 Å². The smallest absolute Gasteiger partial charge is 0.307 e. The first-order chi connectivity index (χ1) is 6.59. The van der Waals surface area contributed by atoms with Gasteiger partial charge in [-0.05, 0) is 17.7 Å². The molecule has 78 valence electrons. The Kier molecular flexibility index (Phi) is 5.72. The van der Waals surface area contributed by atoms with Gasteiger partial charge in [0.2, 0.25) is 0 Å². The molecule has 0 bridgehead atoms. The van der Waals surface area contributed by atoms with Crippen LogP contribution in [0.4, 0.5) is 5.69 Å². The van der Waals surface area contributed by atoms with Gasteiger partial charge in [0.05, 0.1) is 6.42 Å². The van der Waals surface area contributed by atoms with Crippen molar-refractivity contribution >= 4 is 23.3 Å². The van der Waals surface area contributed by atoms with Gasteiger partial charge >= 0.3 is 5.97 Å². The Bertz CT molecular complexity index is 313. The molecule has 0 unspecified atom stereocenters. The zero-order valence-corrected chi connectivity index (χ0v) is 9.01. The molecule has 1 rings (SSSR count). The summed E-state index contributed by atoms with van der Waals surface area (Å²) in [6, 6.07) is 4.78. The highest BCUT2D eigenvalue weighted by Crippen LogP contribution is 2.18. The zero-order chi connectivity index (χ0) is 11.1. The molecule has 0 spiro atoms. The van der Waals surface area contributed by atoms with Gasteiger partial charge in [-0.15, -0.1) is 0 Å². The Morgan fingerprint density at radius 2 is 2.07 bits per heavy atom. The minimum absolute atomic E-state index is 0.0665. The van der Waals surface area contributed by atoms with E-state index in [-0.39, 0.29) is 6.42 Å². The molecule has 0 atom stereocenters. The Hall–Kier alpha value is -1.22. The highest BCUT2D eigenvalue weighted by Gasteiger charge is 2.04. The first kappa shape index (κ1) is 12.8. The maximum atomic E-state index is 10.3. The van der Waals surface area contributed by atoms with Gasteiger partial charge in [0.15, 0.2) is 0 Å². The molecule has 14 heavy (non-hydrogen) atoms. The van der Waals surface area contributed by atoms with E-state index in [1.54, 1.807) is 18.2 Å². The summed E-state index contributed by atoms with van der Waals surface area (Å²) >= 11 is 5.63. The van der Waals surface area contributed by atoms with Gasteiger partial charge in [-0.2, -0.15) is 0 Å². The number of anilines is 1. The van der Waals surface area contributed by atoms with E-state index in [4.69, 9.17) is 22.4 Å². The van der Waals surface area contributed by atoms with E-state index in [2.05, 4.69) is 0 Å². The number of nitrogens with two attached hydrogens (primary N) is 1. The van der Waals surface area contributed by atoms with E-state index >= 15 is 0 Å².